The van der Waals surface area contributed by atoms with Crippen LogP contribution in [0.1, 0.15) is 0 Å². The van der Waals surface area contributed by atoms with E-state index in [4.69, 9.17) is 6.65 Å². The number of rotatable bonds is 0. The summed E-state index contributed by atoms with van der Waals surface area (Å²) >= 11 is -2.00. The molecule has 0 unspecified atom stereocenters. The average Bonchev–Trinajstić information content (AvgIpc) is 1.93. The van der Waals surface area contributed by atoms with Crippen LogP contribution in [0.25, 0.3) is 0 Å². The van der Waals surface area contributed by atoms with Gasteiger partial charge in [-0.25, -0.2) is 0 Å². The van der Waals surface area contributed by atoms with Gasteiger partial charge in [0.2, 0.25) is 0 Å². The van der Waals surface area contributed by atoms with Crippen molar-refractivity contribution in [2.45, 2.75) is 0 Å². The van der Waals surface area contributed by atoms with Crippen LogP contribution in [0, 0.1) is 0 Å². The Morgan fingerprint density at radius 3 is 1.22 bits per heavy atom. The molecule has 1 aromatic rings. The average molecular weight is 160 g/mol. The Hall–Kier alpha value is -0.606. The number of hydrogen-bond acceptors (Lipinski definition) is 4. The van der Waals surface area contributed by atoms with Crippen LogP contribution >= 0.6 is 0 Å². The summed E-state index contributed by atoms with van der Waals surface area (Å²) in [5.41, 5.74) is 0. The Balaban J connectivity index is 0.000000187. The van der Waals surface area contributed by atoms with E-state index in [0.29, 0.717) is 0 Å². The fourth-order valence-corrected chi connectivity index (χ4v) is 0.253. The van der Waals surface area contributed by atoms with Crippen LogP contribution in [0.4, 0.5) is 0 Å². The second-order valence-electron chi connectivity index (χ2n) is 0.978. The van der Waals surface area contributed by atoms with E-state index in [1.165, 1.54) is 0 Å². The zero-order valence-corrected chi connectivity index (χ0v) is 6.08. The molecule has 46 valence electrons. The van der Waals surface area contributed by atoms with Gasteiger partial charge in [0, 0.05) is 24.8 Å². The van der Waals surface area contributed by atoms with Crippen LogP contribution in [-0.4, -0.2) is 9.97 Å². The Bertz CT molecular complexity index is 146. The third kappa shape index (κ3) is 7.39. The fourth-order valence-electron chi connectivity index (χ4n) is 0.253. The van der Waals surface area contributed by atoms with Crippen LogP contribution in [0.15, 0.2) is 24.8 Å². The van der Waals surface area contributed by atoms with Gasteiger partial charge in [0.15, 0.2) is 0 Å². The molecule has 9 heavy (non-hydrogen) atoms. The van der Waals surface area contributed by atoms with Crippen molar-refractivity contribution in [1.29, 1.82) is 0 Å². The molecule has 0 amide bonds. The van der Waals surface area contributed by atoms with Crippen molar-refractivity contribution < 1.29 is 25.7 Å². The Morgan fingerprint density at radius 1 is 0.889 bits per heavy atom. The molecule has 0 aliphatic rings. The zero-order valence-electron chi connectivity index (χ0n) is 4.52. The van der Waals surface area contributed by atoms with E-state index in [0.717, 1.165) is 0 Å². The molecule has 1 heterocycles. The molecule has 0 aliphatic heterocycles. The van der Waals surface area contributed by atoms with Crippen molar-refractivity contribution in [3.63, 3.8) is 0 Å². The van der Waals surface area contributed by atoms with Crippen molar-refractivity contribution in [2.24, 2.45) is 0 Å². The van der Waals surface area contributed by atoms with Crippen LogP contribution in [-0.2, 0) is 25.7 Å². The standard InChI is InChI=1S/C4H4N2.2O.Ti/c1-2-6-4-3-5-1;;;/h1-4H;;;. The van der Waals surface area contributed by atoms with Crippen LogP contribution in [0.2, 0.25) is 0 Å². The van der Waals surface area contributed by atoms with Crippen LogP contribution in [0.5, 0.6) is 0 Å². The molecular formula is C4H4N2O2Ti. The van der Waals surface area contributed by atoms with E-state index in [9.17, 15) is 0 Å². The summed E-state index contributed by atoms with van der Waals surface area (Å²) in [5, 5.41) is 0. The van der Waals surface area contributed by atoms with E-state index < -0.39 is 19.1 Å². The molecule has 0 spiro atoms. The van der Waals surface area contributed by atoms with E-state index in [2.05, 4.69) is 9.97 Å². The quantitative estimate of drug-likeness (QED) is 0.510. The summed E-state index contributed by atoms with van der Waals surface area (Å²) in [4.78, 5) is 7.44. The number of hydrogen-bond donors (Lipinski definition) is 0. The maximum Gasteiger partial charge on any atom is 0.0451 e. The number of nitrogens with zero attached hydrogens (tertiary/aromatic N) is 2. The molecular weight excluding hydrogens is 156 g/mol. The van der Waals surface area contributed by atoms with Crippen molar-refractivity contribution in [1.82, 2.24) is 9.97 Å². The predicted octanol–water partition coefficient (Wildman–Crippen LogP) is 0.236. The van der Waals surface area contributed by atoms with Crippen molar-refractivity contribution >= 4 is 0 Å². The minimum atomic E-state index is -2.00. The molecule has 1 rings (SSSR count). The zero-order chi connectivity index (χ0) is 6.95. The molecule has 0 saturated heterocycles. The molecule has 0 atom stereocenters. The SMILES string of the molecule is [O]=[Ti]=[O].c1cnccn1. The van der Waals surface area contributed by atoms with Gasteiger partial charge < -0.3 is 0 Å². The monoisotopic (exact) mass is 160 g/mol. The van der Waals surface area contributed by atoms with Crippen LogP contribution in [0.3, 0.4) is 0 Å². The first-order valence-corrected chi connectivity index (χ1v) is 3.38. The molecule has 0 N–H and O–H groups in total. The summed E-state index contributed by atoms with van der Waals surface area (Å²) < 4.78 is 17.0. The molecule has 0 radical (unpaired) electrons. The first-order valence-electron chi connectivity index (χ1n) is 2.11. The van der Waals surface area contributed by atoms with Gasteiger partial charge in [-0.2, -0.15) is 0 Å². The van der Waals surface area contributed by atoms with Gasteiger partial charge >= 0.3 is 25.7 Å². The maximum absolute atomic E-state index is 8.50. The van der Waals surface area contributed by atoms with Gasteiger partial charge in [0.25, 0.3) is 0 Å². The van der Waals surface area contributed by atoms with E-state index in [1.54, 1.807) is 24.8 Å². The molecule has 0 aliphatic carbocycles. The molecule has 1 aromatic heterocycles. The maximum atomic E-state index is 8.50. The summed E-state index contributed by atoms with van der Waals surface area (Å²) in [6, 6.07) is 0. The Labute approximate surface area is 60.9 Å². The third-order valence-electron chi connectivity index (χ3n) is 0.478. The Kier molecular flexibility index (Phi) is 6.90. The molecule has 0 saturated carbocycles. The summed E-state index contributed by atoms with van der Waals surface area (Å²) in [5.74, 6) is 0. The van der Waals surface area contributed by atoms with Crippen molar-refractivity contribution in [3.8, 4) is 0 Å². The summed E-state index contributed by atoms with van der Waals surface area (Å²) in [6.45, 7) is 0. The van der Waals surface area contributed by atoms with Gasteiger partial charge in [0.05, 0.1) is 0 Å². The number of aromatic nitrogens is 2. The molecule has 0 bridgehead atoms. The second kappa shape index (κ2) is 7.39. The van der Waals surface area contributed by atoms with Crippen molar-refractivity contribution in [3.05, 3.63) is 24.8 Å². The topological polar surface area (TPSA) is 59.9 Å². The van der Waals surface area contributed by atoms with Crippen LogP contribution < -0.4 is 0 Å². The Morgan fingerprint density at radius 2 is 1.11 bits per heavy atom. The second-order valence-corrected chi connectivity index (χ2v) is 1.24. The summed E-state index contributed by atoms with van der Waals surface area (Å²) in [6.07, 6.45) is 6.56. The van der Waals surface area contributed by atoms with Gasteiger partial charge in [-0.15, -0.1) is 0 Å². The molecule has 0 fully saturated rings. The summed E-state index contributed by atoms with van der Waals surface area (Å²) in [7, 11) is 0. The normalized spacial score (nSPS) is 6.22. The van der Waals surface area contributed by atoms with Crippen molar-refractivity contribution in [2.75, 3.05) is 0 Å². The van der Waals surface area contributed by atoms with E-state index in [1.807, 2.05) is 0 Å². The van der Waals surface area contributed by atoms with Gasteiger partial charge in [-0.3, -0.25) is 9.97 Å². The smallest absolute Gasteiger partial charge is 0.0451 e. The minimum absolute atomic E-state index is 1.64. The van der Waals surface area contributed by atoms with Gasteiger partial charge in [-0.05, 0) is 0 Å². The third-order valence-corrected chi connectivity index (χ3v) is 0.478. The first kappa shape index (κ1) is 8.39. The molecule has 4 nitrogen and oxygen atoms in total. The largest absolute Gasteiger partial charge is 0.262 e. The predicted molar refractivity (Wildman–Crippen MR) is 23.4 cm³/mol. The fraction of sp³-hybridized carbons (Fsp3) is 0. The van der Waals surface area contributed by atoms with Gasteiger partial charge in [-0.1, -0.05) is 0 Å². The molecule has 5 heteroatoms. The van der Waals surface area contributed by atoms with Gasteiger partial charge in [0.1, 0.15) is 0 Å². The minimum Gasteiger partial charge on any atom is -0.262 e. The van der Waals surface area contributed by atoms with E-state index in [-0.39, 0.29) is 0 Å². The molecule has 0 aromatic carbocycles. The van der Waals surface area contributed by atoms with E-state index >= 15 is 0 Å². The first-order chi connectivity index (χ1) is 4.41.